The van der Waals surface area contributed by atoms with Crippen molar-refractivity contribution in [3.63, 3.8) is 0 Å². The first-order valence-electron chi connectivity index (χ1n) is 3.76. The fourth-order valence-electron chi connectivity index (χ4n) is 0.992. The van der Waals surface area contributed by atoms with Gasteiger partial charge in [0, 0.05) is 11.8 Å². The van der Waals surface area contributed by atoms with Crippen LogP contribution in [0.3, 0.4) is 0 Å². The van der Waals surface area contributed by atoms with Gasteiger partial charge in [-0.2, -0.15) is 0 Å². The first-order valence-corrected chi connectivity index (χ1v) is 3.76. The summed E-state index contributed by atoms with van der Waals surface area (Å²) in [7, 11) is 0. The molecule has 4 heteroatoms. The second kappa shape index (κ2) is 4.04. The second-order valence-electron chi connectivity index (χ2n) is 2.53. The lowest BCUT2D eigenvalue weighted by atomic mass is 10.1. The summed E-state index contributed by atoms with van der Waals surface area (Å²) >= 11 is 0. The molecule has 4 N–H and O–H groups in total. The van der Waals surface area contributed by atoms with Gasteiger partial charge in [0.1, 0.15) is 5.75 Å². The van der Waals surface area contributed by atoms with Crippen LogP contribution >= 0.6 is 0 Å². The van der Waals surface area contributed by atoms with E-state index in [9.17, 15) is 10.2 Å². The standard InChI is InChI=1S/C8H12N2O2/c9-3-1-7(11)6-2-4-10-5-8(6)12/h2,4-5,7,11-12H,1,3,9H2. The van der Waals surface area contributed by atoms with E-state index >= 15 is 0 Å². The molecule has 0 bridgehead atoms. The predicted octanol–water partition coefficient (Wildman–Crippen LogP) is 0.169. The van der Waals surface area contributed by atoms with Gasteiger partial charge >= 0.3 is 0 Å². The first-order chi connectivity index (χ1) is 5.75. The maximum atomic E-state index is 9.43. The highest BCUT2D eigenvalue weighted by atomic mass is 16.3. The van der Waals surface area contributed by atoms with E-state index in [2.05, 4.69) is 4.98 Å². The van der Waals surface area contributed by atoms with E-state index in [4.69, 9.17) is 5.73 Å². The summed E-state index contributed by atoms with van der Waals surface area (Å²) in [5.41, 5.74) is 5.74. The molecule has 12 heavy (non-hydrogen) atoms. The minimum Gasteiger partial charge on any atom is -0.506 e. The van der Waals surface area contributed by atoms with Crippen LogP contribution in [-0.4, -0.2) is 21.7 Å². The second-order valence-corrected chi connectivity index (χ2v) is 2.53. The molecule has 1 aromatic heterocycles. The van der Waals surface area contributed by atoms with Gasteiger partial charge in [-0.1, -0.05) is 0 Å². The smallest absolute Gasteiger partial charge is 0.139 e. The fourth-order valence-corrected chi connectivity index (χ4v) is 0.992. The lowest BCUT2D eigenvalue weighted by molar-refractivity contribution is 0.166. The molecule has 0 aliphatic carbocycles. The van der Waals surface area contributed by atoms with Gasteiger partial charge < -0.3 is 15.9 Å². The van der Waals surface area contributed by atoms with Gasteiger partial charge in [-0.3, -0.25) is 4.98 Å². The Hall–Kier alpha value is -1.13. The number of hydrogen-bond acceptors (Lipinski definition) is 4. The number of hydrogen-bond donors (Lipinski definition) is 3. The zero-order valence-corrected chi connectivity index (χ0v) is 6.64. The highest BCUT2D eigenvalue weighted by Crippen LogP contribution is 2.23. The summed E-state index contributed by atoms with van der Waals surface area (Å²) in [5.74, 6) is 0.0125. The summed E-state index contributed by atoms with van der Waals surface area (Å²) in [6.07, 6.45) is 2.57. The Kier molecular flexibility index (Phi) is 3.01. The van der Waals surface area contributed by atoms with Crippen LogP contribution in [-0.2, 0) is 0 Å². The number of rotatable bonds is 3. The van der Waals surface area contributed by atoms with Gasteiger partial charge in [0.05, 0.1) is 12.3 Å². The zero-order chi connectivity index (χ0) is 8.97. The van der Waals surface area contributed by atoms with Gasteiger partial charge in [0.25, 0.3) is 0 Å². The summed E-state index contributed by atoms with van der Waals surface area (Å²) in [4.78, 5) is 3.70. The third-order valence-corrected chi connectivity index (χ3v) is 1.63. The molecule has 1 aromatic rings. The van der Waals surface area contributed by atoms with Crippen molar-refractivity contribution in [3.05, 3.63) is 24.0 Å². The minimum atomic E-state index is -0.696. The molecular formula is C8H12N2O2. The molecule has 1 atom stereocenters. The molecule has 4 nitrogen and oxygen atoms in total. The average molecular weight is 168 g/mol. The lowest BCUT2D eigenvalue weighted by Crippen LogP contribution is -2.06. The van der Waals surface area contributed by atoms with Crippen LogP contribution in [0.2, 0.25) is 0 Å². The van der Waals surface area contributed by atoms with Crippen LogP contribution in [0.4, 0.5) is 0 Å². The van der Waals surface area contributed by atoms with Gasteiger partial charge in [0.2, 0.25) is 0 Å². The third kappa shape index (κ3) is 1.93. The van der Waals surface area contributed by atoms with E-state index in [0.29, 0.717) is 18.5 Å². The largest absolute Gasteiger partial charge is 0.506 e. The monoisotopic (exact) mass is 168 g/mol. The zero-order valence-electron chi connectivity index (χ0n) is 6.64. The molecule has 0 aromatic carbocycles. The topological polar surface area (TPSA) is 79.4 Å². The molecule has 0 saturated carbocycles. The molecule has 0 aliphatic rings. The van der Waals surface area contributed by atoms with Crippen molar-refractivity contribution in [2.24, 2.45) is 5.73 Å². The Balaban J connectivity index is 2.79. The van der Waals surface area contributed by atoms with Crippen LogP contribution in [0.1, 0.15) is 18.1 Å². The summed E-state index contributed by atoms with van der Waals surface area (Å²) in [5, 5.41) is 18.7. The highest BCUT2D eigenvalue weighted by Gasteiger charge is 2.10. The van der Waals surface area contributed by atoms with Gasteiger partial charge in [-0.25, -0.2) is 0 Å². The maximum Gasteiger partial charge on any atom is 0.139 e. The minimum absolute atomic E-state index is 0.0125. The molecular weight excluding hydrogens is 156 g/mol. The molecule has 0 aliphatic heterocycles. The molecule has 1 rings (SSSR count). The fraction of sp³-hybridized carbons (Fsp3) is 0.375. The third-order valence-electron chi connectivity index (χ3n) is 1.63. The van der Waals surface area contributed by atoms with Crippen molar-refractivity contribution in [3.8, 4) is 5.75 Å². The Morgan fingerprint density at radius 3 is 2.92 bits per heavy atom. The molecule has 0 amide bonds. The van der Waals surface area contributed by atoms with E-state index in [-0.39, 0.29) is 5.75 Å². The van der Waals surface area contributed by atoms with Gasteiger partial charge in [-0.05, 0) is 19.0 Å². The Morgan fingerprint density at radius 1 is 1.58 bits per heavy atom. The first kappa shape index (κ1) is 8.96. The number of nitrogens with two attached hydrogens (primary N) is 1. The number of aliphatic hydroxyl groups is 1. The van der Waals surface area contributed by atoms with Crippen molar-refractivity contribution < 1.29 is 10.2 Å². The SMILES string of the molecule is NCCC(O)c1ccncc1O. The summed E-state index contributed by atoms with van der Waals surface area (Å²) < 4.78 is 0. The van der Waals surface area contributed by atoms with Crippen LogP contribution in [0.15, 0.2) is 18.5 Å². The van der Waals surface area contributed by atoms with E-state index < -0.39 is 6.10 Å². The Bertz CT molecular complexity index is 253. The number of aliphatic hydroxyl groups excluding tert-OH is 1. The normalized spacial score (nSPS) is 12.8. The van der Waals surface area contributed by atoms with Crippen LogP contribution in [0, 0.1) is 0 Å². The molecule has 0 fully saturated rings. The Labute approximate surface area is 70.7 Å². The number of pyridine rings is 1. The lowest BCUT2D eigenvalue weighted by Gasteiger charge is -2.09. The van der Waals surface area contributed by atoms with Crippen molar-refractivity contribution in [2.75, 3.05) is 6.54 Å². The molecule has 1 heterocycles. The van der Waals surface area contributed by atoms with Crippen molar-refractivity contribution in [2.45, 2.75) is 12.5 Å². The van der Waals surface area contributed by atoms with E-state index in [0.717, 1.165) is 0 Å². The van der Waals surface area contributed by atoms with Crippen molar-refractivity contribution >= 4 is 0 Å². The number of aromatic nitrogens is 1. The molecule has 0 saturated heterocycles. The predicted molar refractivity (Wildman–Crippen MR) is 44.5 cm³/mol. The molecule has 66 valence electrons. The van der Waals surface area contributed by atoms with E-state index in [1.54, 1.807) is 6.07 Å². The highest BCUT2D eigenvalue weighted by molar-refractivity contribution is 5.30. The summed E-state index contributed by atoms with van der Waals surface area (Å²) in [6.45, 7) is 0.392. The average Bonchev–Trinajstić information content (AvgIpc) is 2.05. The van der Waals surface area contributed by atoms with Crippen LogP contribution in [0.5, 0.6) is 5.75 Å². The molecule has 0 spiro atoms. The maximum absolute atomic E-state index is 9.43. The van der Waals surface area contributed by atoms with E-state index in [1.807, 2.05) is 0 Å². The van der Waals surface area contributed by atoms with Crippen molar-refractivity contribution in [1.82, 2.24) is 4.98 Å². The van der Waals surface area contributed by atoms with Gasteiger partial charge in [0.15, 0.2) is 0 Å². The Morgan fingerprint density at radius 2 is 2.33 bits per heavy atom. The van der Waals surface area contributed by atoms with Crippen LogP contribution in [0.25, 0.3) is 0 Å². The van der Waals surface area contributed by atoms with E-state index in [1.165, 1.54) is 12.4 Å². The van der Waals surface area contributed by atoms with Gasteiger partial charge in [-0.15, -0.1) is 0 Å². The van der Waals surface area contributed by atoms with Crippen molar-refractivity contribution in [1.29, 1.82) is 0 Å². The summed E-state index contributed by atoms with van der Waals surface area (Å²) in [6, 6.07) is 1.58. The molecule has 1 unspecified atom stereocenters. The quantitative estimate of drug-likeness (QED) is 0.601. The number of nitrogens with zero attached hydrogens (tertiary/aromatic N) is 1. The molecule has 0 radical (unpaired) electrons. The number of aromatic hydroxyl groups is 1. The van der Waals surface area contributed by atoms with Crippen LogP contribution < -0.4 is 5.73 Å².